The predicted octanol–water partition coefficient (Wildman–Crippen LogP) is 3.80. The third-order valence-electron chi connectivity index (χ3n) is 6.23. The number of hydrogen-bond acceptors (Lipinski definition) is 6. The van der Waals surface area contributed by atoms with Gasteiger partial charge in [0.1, 0.15) is 17.9 Å². The van der Waals surface area contributed by atoms with E-state index in [0.29, 0.717) is 29.7 Å². The van der Waals surface area contributed by atoms with E-state index in [2.05, 4.69) is 41.8 Å². The predicted molar refractivity (Wildman–Crippen MR) is 124 cm³/mol. The fourth-order valence-corrected chi connectivity index (χ4v) is 4.87. The van der Waals surface area contributed by atoms with Crippen LogP contribution in [0, 0.1) is 0 Å². The van der Waals surface area contributed by atoms with Gasteiger partial charge in [-0.1, -0.05) is 18.2 Å². The van der Waals surface area contributed by atoms with Gasteiger partial charge in [-0.25, -0.2) is 0 Å². The molecular weight excluding hydrogens is 404 g/mol. The van der Waals surface area contributed by atoms with Gasteiger partial charge in [0.2, 0.25) is 0 Å². The Balaban J connectivity index is 1.33. The molecule has 6 heteroatoms. The highest BCUT2D eigenvalue weighted by atomic mass is 16.5. The minimum Gasteiger partial charge on any atom is -0.492 e. The number of hydrogen-bond donors (Lipinski definition) is 0. The summed E-state index contributed by atoms with van der Waals surface area (Å²) < 4.78 is 17.6. The molecule has 1 aromatic heterocycles. The number of rotatable bonds is 4. The van der Waals surface area contributed by atoms with E-state index in [4.69, 9.17) is 13.9 Å². The van der Waals surface area contributed by atoms with Crippen LogP contribution in [-0.4, -0.2) is 48.2 Å². The van der Waals surface area contributed by atoms with E-state index >= 15 is 0 Å². The minimum absolute atomic E-state index is 0.0431. The van der Waals surface area contributed by atoms with Crippen LogP contribution in [-0.2, 0) is 24.4 Å². The van der Waals surface area contributed by atoms with Crippen LogP contribution >= 0.6 is 0 Å². The van der Waals surface area contributed by atoms with Crippen molar-refractivity contribution in [2.75, 3.05) is 26.2 Å². The standard InChI is InChI=1S/C26H30N2O4/c1-18-12-28(13-19(2)32-18)14-20-7-8-24-21(11-20)15-27(9-10-30-24)16-22-17-31-25-6-4-3-5-23(25)26(22)29/h3-8,11,17-19H,9-10,12-16H2,1-2H3/t18-,19+. The zero-order chi connectivity index (χ0) is 22.1. The van der Waals surface area contributed by atoms with Crippen LogP contribution in [0.3, 0.4) is 0 Å². The first kappa shape index (κ1) is 21.2. The second-order valence-corrected chi connectivity index (χ2v) is 9.04. The molecule has 6 nitrogen and oxygen atoms in total. The van der Waals surface area contributed by atoms with Gasteiger partial charge in [0, 0.05) is 50.4 Å². The highest BCUT2D eigenvalue weighted by molar-refractivity contribution is 5.76. The van der Waals surface area contributed by atoms with Crippen molar-refractivity contribution in [3.05, 3.63) is 75.6 Å². The monoisotopic (exact) mass is 434 g/mol. The van der Waals surface area contributed by atoms with Crippen LogP contribution in [0.1, 0.15) is 30.5 Å². The average Bonchev–Trinajstić information content (AvgIpc) is 2.96. The molecule has 0 radical (unpaired) electrons. The first-order valence-electron chi connectivity index (χ1n) is 11.4. The Bertz CT molecular complexity index is 1150. The van der Waals surface area contributed by atoms with Crippen molar-refractivity contribution in [1.29, 1.82) is 0 Å². The third-order valence-corrected chi connectivity index (χ3v) is 6.23. The number of para-hydroxylation sites is 1. The normalized spacial score (nSPS) is 22.3. The first-order chi connectivity index (χ1) is 15.5. The quantitative estimate of drug-likeness (QED) is 0.623. The molecule has 1 saturated heterocycles. The molecule has 32 heavy (non-hydrogen) atoms. The van der Waals surface area contributed by atoms with E-state index in [0.717, 1.165) is 38.5 Å². The second kappa shape index (κ2) is 9.06. The first-order valence-corrected chi connectivity index (χ1v) is 11.4. The summed E-state index contributed by atoms with van der Waals surface area (Å²) in [6.07, 6.45) is 2.12. The van der Waals surface area contributed by atoms with E-state index in [1.54, 1.807) is 6.26 Å². The minimum atomic E-state index is 0.0431. The lowest BCUT2D eigenvalue weighted by molar-refractivity contribution is -0.0704. The van der Waals surface area contributed by atoms with Crippen molar-refractivity contribution in [1.82, 2.24) is 9.80 Å². The van der Waals surface area contributed by atoms with Gasteiger partial charge >= 0.3 is 0 Å². The van der Waals surface area contributed by atoms with Crippen LogP contribution in [0.4, 0.5) is 0 Å². The van der Waals surface area contributed by atoms with E-state index in [9.17, 15) is 4.79 Å². The summed E-state index contributed by atoms with van der Waals surface area (Å²) in [5.41, 5.74) is 3.79. The molecular formula is C26H30N2O4. The summed E-state index contributed by atoms with van der Waals surface area (Å²) in [5.74, 6) is 0.936. The summed E-state index contributed by atoms with van der Waals surface area (Å²) in [6, 6.07) is 13.9. The highest BCUT2D eigenvalue weighted by Gasteiger charge is 2.23. The van der Waals surface area contributed by atoms with Crippen LogP contribution < -0.4 is 10.2 Å². The van der Waals surface area contributed by atoms with Crippen molar-refractivity contribution < 1.29 is 13.9 Å². The molecule has 1 fully saturated rings. The fraction of sp³-hybridized carbons (Fsp3) is 0.423. The molecule has 168 valence electrons. The third kappa shape index (κ3) is 4.58. The lowest BCUT2D eigenvalue weighted by atomic mass is 10.1. The van der Waals surface area contributed by atoms with Crippen LogP contribution in [0.25, 0.3) is 11.0 Å². The Labute approximate surface area is 188 Å². The van der Waals surface area contributed by atoms with Crippen LogP contribution in [0.2, 0.25) is 0 Å². The maximum Gasteiger partial charge on any atom is 0.197 e. The SMILES string of the molecule is C[C@@H]1CN(Cc2ccc3c(c2)CN(Cc2coc4ccccc4c2=O)CCO3)C[C@H](C)O1. The molecule has 2 atom stereocenters. The van der Waals surface area contributed by atoms with E-state index in [-0.39, 0.29) is 17.6 Å². The summed E-state index contributed by atoms with van der Waals surface area (Å²) >= 11 is 0. The van der Waals surface area contributed by atoms with Gasteiger partial charge in [0.25, 0.3) is 0 Å². The van der Waals surface area contributed by atoms with E-state index in [1.807, 2.05) is 24.3 Å². The van der Waals surface area contributed by atoms with Crippen molar-refractivity contribution in [3.63, 3.8) is 0 Å². The number of ether oxygens (including phenoxy) is 2. The lowest BCUT2D eigenvalue weighted by Gasteiger charge is -2.35. The maximum absolute atomic E-state index is 12.9. The fourth-order valence-electron chi connectivity index (χ4n) is 4.87. The molecule has 0 unspecified atom stereocenters. The summed E-state index contributed by atoms with van der Waals surface area (Å²) in [7, 11) is 0. The highest BCUT2D eigenvalue weighted by Crippen LogP contribution is 2.26. The molecule has 3 heterocycles. The second-order valence-electron chi connectivity index (χ2n) is 9.04. The number of fused-ring (bicyclic) bond motifs is 2. The van der Waals surface area contributed by atoms with E-state index < -0.39 is 0 Å². The Morgan fingerprint density at radius 3 is 2.66 bits per heavy atom. The number of benzene rings is 2. The van der Waals surface area contributed by atoms with Crippen molar-refractivity contribution in [2.24, 2.45) is 0 Å². The molecule has 0 saturated carbocycles. The molecule has 3 aromatic rings. The molecule has 2 aliphatic rings. The molecule has 2 aromatic carbocycles. The molecule has 0 aliphatic carbocycles. The molecule has 5 rings (SSSR count). The smallest absolute Gasteiger partial charge is 0.197 e. The molecule has 0 N–H and O–H groups in total. The van der Waals surface area contributed by atoms with Crippen molar-refractivity contribution >= 4 is 11.0 Å². The van der Waals surface area contributed by atoms with Gasteiger partial charge in [-0.15, -0.1) is 0 Å². The molecule has 2 aliphatic heterocycles. The topological polar surface area (TPSA) is 55.2 Å². The maximum atomic E-state index is 12.9. The zero-order valence-corrected chi connectivity index (χ0v) is 18.8. The molecule has 0 amide bonds. The largest absolute Gasteiger partial charge is 0.492 e. The molecule has 0 spiro atoms. The number of nitrogens with zero attached hydrogens (tertiary/aromatic N) is 2. The Morgan fingerprint density at radius 1 is 1.00 bits per heavy atom. The zero-order valence-electron chi connectivity index (χ0n) is 18.8. The Morgan fingerprint density at radius 2 is 1.81 bits per heavy atom. The van der Waals surface area contributed by atoms with Crippen LogP contribution in [0.15, 0.2) is 57.9 Å². The van der Waals surface area contributed by atoms with Gasteiger partial charge in [0.05, 0.1) is 23.9 Å². The Kier molecular flexibility index (Phi) is 6.00. The Hall–Kier alpha value is -2.67. The summed E-state index contributed by atoms with van der Waals surface area (Å²) in [5, 5.41) is 0.632. The van der Waals surface area contributed by atoms with Crippen molar-refractivity contribution in [2.45, 2.75) is 45.7 Å². The van der Waals surface area contributed by atoms with Gasteiger partial charge < -0.3 is 13.9 Å². The van der Waals surface area contributed by atoms with Gasteiger partial charge in [-0.2, -0.15) is 0 Å². The number of morpholine rings is 1. The van der Waals surface area contributed by atoms with Gasteiger partial charge in [0.15, 0.2) is 5.43 Å². The summed E-state index contributed by atoms with van der Waals surface area (Å²) in [4.78, 5) is 17.6. The average molecular weight is 435 g/mol. The van der Waals surface area contributed by atoms with E-state index in [1.165, 1.54) is 11.1 Å². The van der Waals surface area contributed by atoms with Crippen LogP contribution in [0.5, 0.6) is 5.75 Å². The van der Waals surface area contributed by atoms with Gasteiger partial charge in [-0.05, 0) is 43.7 Å². The van der Waals surface area contributed by atoms with Crippen molar-refractivity contribution in [3.8, 4) is 5.75 Å². The lowest BCUT2D eigenvalue weighted by Crippen LogP contribution is -2.44. The van der Waals surface area contributed by atoms with Gasteiger partial charge in [-0.3, -0.25) is 14.6 Å². The summed E-state index contributed by atoms with van der Waals surface area (Å²) in [6.45, 7) is 9.70. The molecule has 0 bridgehead atoms.